The monoisotopic (exact) mass is 490 g/mol. The van der Waals surface area contributed by atoms with Crippen molar-refractivity contribution in [3.63, 3.8) is 0 Å². The molecule has 0 spiro atoms. The Hall–Kier alpha value is -3.49. The zero-order valence-corrected chi connectivity index (χ0v) is 20.4. The third-order valence-electron chi connectivity index (χ3n) is 7.71. The molecule has 36 heavy (non-hydrogen) atoms. The van der Waals surface area contributed by atoms with Gasteiger partial charge >= 0.3 is 5.97 Å². The number of quaternary nitrogens is 1. The molecule has 0 radical (unpaired) electrons. The molecule has 3 saturated heterocycles. The van der Waals surface area contributed by atoms with Crippen molar-refractivity contribution in [2.75, 3.05) is 32.7 Å². The van der Waals surface area contributed by atoms with Crippen LogP contribution in [-0.2, 0) is 15.1 Å². The van der Waals surface area contributed by atoms with Gasteiger partial charge in [-0.2, -0.15) is 0 Å². The fraction of sp³-hybridized carbons (Fsp3) is 0.393. The standard InChI is InChI=1S/C28H31N3O5/c1-20-18-24(30-36-20)26(32)29-14-17-31-15-12-21(13-16-31)25(19-31)35-27(33)28(34,22-8-4-2-5-9-22)23-10-6-3-7-11-23/h2-11,18,21,25,34H,12-17,19H2,1H3/p+1/t21?,25-,31?/m0/s1. The van der Waals surface area contributed by atoms with Crippen LogP contribution in [0.2, 0.25) is 0 Å². The first-order chi connectivity index (χ1) is 17.4. The van der Waals surface area contributed by atoms with Gasteiger partial charge in [-0.05, 0) is 18.1 Å². The number of aliphatic hydroxyl groups is 1. The topological polar surface area (TPSA) is 102 Å². The van der Waals surface area contributed by atoms with Crippen LogP contribution in [0.15, 0.2) is 71.3 Å². The van der Waals surface area contributed by atoms with Gasteiger partial charge in [0.15, 0.2) is 11.8 Å². The number of esters is 1. The molecule has 3 fully saturated rings. The number of ether oxygens (including phenoxy) is 1. The number of hydrogen-bond donors (Lipinski definition) is 2. The number of fused-ring (bicyclic) bond motifs is 3. The molecule has 188 valence electrons. The zero-order valence-electron chi connectivity index (χ0n) is 20.4. The third kappa shape index (κ3) is 4.66. The second kappa shape index (κ2) is 9.87. The fourth-order valence-corrected chi connectivity index (χ4v) is 5.62. The van der Waals surface area contributed by atoms with Crippen LogP contribution in [0.4, 0.5) is 0 Å². The Labute approximate surface area is 210 Å². The molecule has 1 atom stereocenters. The molecule has 0 unspecified atom stereocenters. The molecule has 8 heteroatoms. The van der Waals surface area contributed by atoms with Gasteiger partial charge in [0.25, 0.3) is 5.91 Å². The molecule has 3 aliphatic heterocycles. The Morgan fingerprint density at radius 3 is 2.25 bits per heavy atom. The van der Waals surface area contributed by atoms with Crippen molar-refractivity contribution in [3.05, 3.63) is 89.3 Å². The van der Waals surface area contributed by atoms with Gasteiger partial charge in [-0.25, -0.2) is 4.79 Å². The van der Waals surface area contributed by atoms with Crippen molar-refractivity contribution in [2.24, 2.45) is 5.92 Å². The number of nitrogens with zero attached hydrogens (tertiary/aromatic N) is 2. The lowest BCUT2D eigenvalue weighted by atomic mass is 9.82. The van der Waals surface area contributed by atoms with Crippen LogP contribution in [0.1, 0.15) is 40.2 Å². The molecule has 1 aromatic heterocycles. The Morgan fingerprint density at radius 2 is 1.69 bits per heavy atom. The summed E-state index contributed by atoms with van der Waals surface area (Å²) in [4.78, 5) is 26.0. The highest BCUT2D eigenvalue weighted by molar-refractivity contribution is 5.92. The van der Waals surface area contributed by atoms with Gasteiger partial charge in [-0.1, -0.05) is 65.8 Å². The van der Waals surface area contributed by atoms with Crippen molar-refractivity contribution in [2.45, 2.75) is 31.5 Å². The molecule has 3 aliphatic rings. The average Bonchev–Trinajstić information content (AvgIpc) is 3.36. The van der Waals surface area contributed by atoms with Gasteiger partial charge in [0, 0.05) is 24.8 Å². The Bertz CT molecular complexity index is 1160. The lowest BCUT2D eigenvalue weighted by molar-refractivity contribution is -0.945. The van der Waals surface area contributed by atoms with Crippen LogP contribution in [0.5, 0.6) is 0 Å². The van der Waals surface area contributed by atoms with Crippen LogP contribution >= 0.6 is 0 Å². The summed E-state index contributed by atoms with van der Waals surface area (Å²) in [5.74, 6) is -0.0320. The smallest absolute Gasteiger partial charge is 0.348 e. The summed E-state index contributed by atoms with van der Waals surface area (Å²) in [5.41, 5.74) is -0.643. The van der Waals surface area contributed by atoms with Gasteiger partial charge in [0.2, 0.25) is 5.60 Å². The summed E-state index contributed by atoms with van der Waals surface area (Å²) in [6, 6.07) is 19.5. The highest BCUT2D eigenvalue weighted by Crippen LogP contribution is 2.38. The summed E-state index contributed by atoms with van der Waals surface area (Å²) in [5, 5.41) is 18.5. The molecule has 0 saturated carbocycles. The van der Waals surface area contributed by atoms with Crippen LogP contribution in [-0.4, -0.2) is 65.5 Å². The van der Waals surface area contributed by atoms with Crippen molar-refractivity contribution in [3.8, 4) is 0 Å². The number of carbonyl (C=O) groups excluding carboxylic acids is 2. The summed E-state index contributed by atoms with van der Waals surface area (Å²) in [6.07, 6.45) is 1.61. The van der Waals surface area contributed by atoms with Gasteiger partial charge < -0.3 is 24.2 Å². The lowest BCUT2D eigenvalue weighted by Gasteiger charge is -2.52. The van der Waals surface area contributed by atoms with Crippen molar-refractivity contribution < 1.29 is 28.4 Å². The fourth-order valence-electron chi connectivity index (χ4n) is 5.62. The van der Waals surface area contributed by atoms with E-state index in [0.29, 0.717) is 30.0 Å². The minimum absolute atomic E-state index is 0.254. The number of nitrogens with one attached hydrogen (secondary N) is 1. The number of benzene rings is 2. The first-order valence-electron chi connectivity index (χ1n) is 12.5. The van der Waals surface area contributed by atoms with Gasteiger partial charge in [-0.15, -0.1) is 0 Å². The molecule has 8 nitrogen and oxygen atoms in total. The number of rotatable bonds is 8. The molecule has 2 bridgehead atoms. The molecule has 1 amide bonds. The van der Waals surface area contributed by atoms with E-state index < -0.39 is 11.6 Å². The summed E-state index contributed by atoms with van der Waals surface area (Å²) < 4.78 is 11.9. The van der Waals surface area contributed by atoms with Gasteiger partial charge in [-0.3, -0.25) is 4.79 Å². The third-order valence-corrected chi connectivity index (χ3v) is 7.71. The second-order valence-electron chi connectivity index (χ2n) is 10.00. The minimum Gasteiger partial charge on any atom is -0.453 e. The van der Waals surface area contributed by atoms with E-state index in [9.17, 15) is 14.7 Å². The molecular weight excluding hydrogens is 458 g/mol. The van der Waals surface area contributed by atoms with Crippen molar-refractivity contribution in [1.82, 2.24) is 10.5 Å². The van der Waals surface area contributed by atoms with Crippen molar-refractivity contribution in [1.29, 1.82) is 0 Å². The Balaban J connectivity index is 1.28. The number of aryl methyl sites for hydroxylation is 1. The van der Waals surface area contributed by atoms with E-state index in [-0.39, 0.29) is 23.6 Å². The molecule has 3 aromatic rings. The predicted molar refractivity (Wildman–Crippen MR) is 132 cm³/mol. The van der Waals surface area contributed by atoms with Crippen LogP contribution in [0.25, 0.3) is 0 Å². The maximum atomic E-state index is 13.6. The zero-order chi connectivity index (χ0) is 25.2. The number of piperidine rings is 3. The van der Waals surface area contributed by atoms with E-state index >= 15 is 0 Å². The maximum absolute atomic E-state index is 13.6. The molecule has 2 aromatic carbocycles. The second-order valence-corrected chi connectivity index (χ2v) is 10.00. The average molecular weight is 491 g/mol. The van der Waals surface area contributed by atoms with E-state index in [0.717, 1.165) is 37.0 Å². The predicted octanol–water partition coefficient (Wildman–Crippen LogP) is 2.80. The maximum Gasteiger partial charge on any atom is 0.348 e. The molecule has 0 aliphatic carbocycles. The van der Waals surface area contributed by atoms with E-state index in [2.05, 4.69) is 10.5 Å². The van der Waals surface area contributed by atoms with E-state index in [1.165, 1.54) is 0 Å². The lowest BCUT2D eigenvalue weighted by Crippen LogP contribution is -2.66. The van der Waals surface area contributed by atoms with Crippen molar-refractivity contribution >= 4 is 11.9 Å². The normalized spacial score (nSPS) is 23.3. The largest absolute Gasteiger partial charge is 0.453 e. The summed E-state index contributed by atoms with van der Waals surface area (Å²) >= 11 is 0. The van der Waals surface area contributed by atoms with E-state index in [4.69, 9.17) is 9.26 Å². The summed E-state index contributed by atoms with van der Waals surface area (Å²) in [6.45, 7) is 5.63. The van der Waals surface area contributed by atoms with Crippen LogP contribution in [0.3, 0.4) is 0 Å². The number of amides is 1. The molecule has 6 rings (SSSR count). The Kier molecular flexibility index (Phi) is 6.64. The van der Waals surface area contributed by atoms with Gasteiger partial charge in [0.05, 0.1) is 26.2 Å². The first kappa shape index (κ1) is 24.2. The minimum atomic E-state index is -1.89. The highest BCUT2D eigenvalue weighted by atomic mass is 16.6. The van der Waals surface area contributed by atoms with E-state index in [1.807, 2.05) is 12.1 Å². The number of hydrogen-bond acceptors (Lipinski definition) is 6. The van der Waals surface area contributed by atoms with E-state index in [1.54, 1.807) is 61.5 Å². The van der Waals surface area contributed by atoms with Gasteiger partial charge in [0.1, 0.15) is 12.3 Å². The number of aromatic nitrogens is 1. The SMILES string of the molecule is Cc1cc(C(=O)NCC[N+]23CCC(CC2)[C@@H](OC(=O)C(O)(c2ccccc2)c2ccccc2)C3)no1. The Morgan fingerprint density at radius 1 is 1.08 bits per heavy atom. The molecule has 4 heterocycles. The number of carbonyl (C=O) groups is 2. The highest BCUT2D eigenvalue weighted by Gasteiger charge is 2.50. The first-order valence-corrected chi connectivity index (χ1v) is 12.5. The van der Waals surface area contributed by atoms with Crippen LogP contribution in [0, 0.1) is 12.8 Å². The molecule has 2 N–H and O–H groups in total. The molecular formula is C28H32N3O5+. The van der Waals surface area contributed by atoms with Crippen LogP contribution < -0.4 is 5.32 Å². The summed E-state index contributed by atoms with van der Waals surface area (Å²) in [7, 11) is 0. The quantitative estimate of drug-likeness (QED) is 0.372.